The Balaban J connectivity index is 2.33. The summed E-state index contributed by atoms with van der Waals surface area (Å²) in [6.07, 6.45) is 0. The minimum Gasteiger partial charge on any atom is -0.314 e. The van der Waals surface area contributed by atoms with Crippen LogP contribution >= 0.6 is 27.3 Å². The Morgan fingerprint density at radius 1 is 1.40 bits per heavy atom. The first-order chi connectivity index (χ1) is 7.31. The summed E-state index contributed by atoms with van der Waals surface area (Å²) >= 11 is 5.21. The van der Waals surface area contributed by atoms with Crippen molar-refractivity contribution in [2.24, 2.45) is 0 Å². The van der Waals surface area contributed by atoms with Crippen LogP contribution in [0, 0.1) is 0 Å². The lowest BCUT2D eigenvalue weighted by atomic mass is 10.2. The quantitative estimate of drug-likeness (QED) is 0.935. The van der Waals surface area contributed by atoms with Crippen molar-refractivity contribution in [3.63, 3.8) is 0 Å². The number of halogens is 1. The fourth-order valence-electron chi connectivity index (χ4n) is 1.34. The Kier molecular flexibility index (Phi) is 3.51. The molecule has 1 aromatic heterocycles. The van der Waals surface area contributed by atoms with Gasteiger partial charge in [-0.3, -0.25) is 0 Å². The molecule has 0 atom stereocenters. The van der Waals surface area contributed by atoms with E-state index in [9.17, 15) is 0 Å². The Morgan fingerprint density at radius 3 is 2.93 bits per heavy atom. The van der Waals surface area contributed by atoms with Crippen molar-refractivity contribution in [2.75, 3.05) is 7.05 Å². The van der Waals surface area contributed by atoms with E-state index in [1.54, 1.807) is 11.3 Å². The molecule has 0 spiro atoms. The molecular formula is C11H11BrN2S. The lowest BCUT2D eigenvalue weighted by Crippen LogP contribution is -2.04. The summed E-state index contributed by atoms with van der Waals surface area (Å²) in [5, 5.41) is 6.30. The van der Waals surface area contributed by atoms with Crippen LogP contribution in [0.3, 0.4) is 0 Å². The fourth-order valence-corrected chi connectivity index (χ4v) is 2.63. The van der Waals surface area contributed by atoms with Crippen LogP contribution in [0.5, 0.6) is 0 Å². The molecular weight excluding hydrogens is 272 g/mol. The highest BCUT2D eigenvalue weighted by atomic mass is 79.9. The van der Waals surface area contributed by atoms with Crippen molar-refractivity contribution < 1.29 is 0 Å². The van der Waals surface area contributed by atoms with E-state index in [1.165, 1.54) is 0 Å². The third kappa shape index (κ3) is 2.45. The van der Waals surface area contributed by atoms with Crippen LogP contribution in [0.25, 0.3) is 11.3 Å². The SMILES string of the molecule is CNCc1nc(-c2ccccc2Br)cs1. The van der Waals surface area contributed by atoms with E-state index in [2.05, 4.69) is 37.7 Å². The lowest BCUT2D eigenvalue weighted by Gasteiger charge is -1.99. The summed E-state index contributed by atoms with van der Waals surface area (Å²) < 4.78 is 1.09. The summed E-state index contributed by atoms with van der Waals surface area (Å²) in [5.41, 5.74) is 2.19. The molecule has 2 rings (SSSR count). The summed E-state index contributed by atoms with van der Waals surface area (Å²) in [4.78, 5) is 4.56. The predicted molar refractivity (Wildman–Crippen MR) is 68.0 cm³/mol. The maximum atomic E-state index is 4.56. The van der Waals surface area contributed by atoms with Crippen molar-refractivity contribution in [1.82, 2.24) is 10.3 Å². The van der Waals surface area contributed by atoms with Gasteiger partial charge in [0, 0.05) is 22.0 Å². The van der Waals surface area contributed by atoms with E-state index in [1.807, 2.05) is 25.2 Å². The van der Waals surface area contributed by atoms with E-state index < -0.39 is 0 Å². The van der Waals surface area contributed by atoms with Gasteiger partial charge in [0.1, 0.15) is 5.01 Å². The summed E-state index contributed by atoms with van der Waals surface area (Å²) in [5.74, 6) is 0. The Bertz CT molecular complexity index is 453. The zero-order valence-corrected chi connectivity index (χ0v) is 10.7. The molecule has 2 nitrogen and oxygen atoms in total. The number of hydrogen-bond donors (Lipinski definition) is 1. The van der Waals surface area contributed by atoms with E-state index in [0.717, 1.165) is 27.3 Å². The molecule has 0 aliphatic heterocycles. The van der Waals surface area contributed by atoms with Gasteiger partial charge in [0.2, 0.25) is 0 Å². The minimum atomic E-state index is 0.828. The molecule has 2 aromatic rings. The molecule has 1 heterocycles. The normalized spacial score (nSPS) is 10.5. The molecule has 0 fully saturated rings. The number of benzene rings is 1. The fraction of sp³-hybridized carbons (Fsp3) is 0.182. The number of hydrogen-bond acceptors (Lipinski definition) is 3. The maximum Gasteiger partial charge on any atom is 0.107 e. The zero-order valence-electron chi connectivity index (χ0n) is 8.33. The van der Waals surface area contributed by atoms with Crippen LogP contribution in [0.1, 0.15) is 5.01 Å². The monoisotopic (exact) mass is 282 g/mol. The van der Waals surface area contributed by atoms with Crippen molar-refractivity contribution in [1.29, 1.82) is 0 Å². The molecule has 0 amide bonds. The summed E-state index contributed by atoms with van der Waals surface area (Å²) in [7, 11) is 1.93. The molecule has 0 radical (unpaired) electrons. The largest absolute Gasteiger partial charge is 0.314 e. The first-order valence-corrected chi connectivity index (χ1v) is 6.32. The van der Waals surface area contributed by atoms with Gasteiger partial charge in [0.05, 0.1) is 5.69 Å². The average Bonchev–Trinajstić information content (AvgIpc) is 2.68. The highest BCUT2D eigenvalue weighted by molar-refractivity contribution is 9.10. The molecule has 4 heteroatoms. The van der Waals surface area contributed by atoms with Crippen LogP contribution in [0.2, 0.25) is 0 Å². The van der Waals surface area contributed by atoms with Gasteiger partial charge in [-0.1, -0.05) is 34.1 Å². The molecule has 78 valence electrons. The third-order valence-corrected chi connectivity index (χ3v) is 3.57. The standard InChI is InChI=1S/C11H11BrN2S/c1-13-6-11-14-10(7-15-11)8-4-2-3-5-9(8)12/h2-5,7,13H,6H2,1H3. The topological polar surface area (TPSA) is 24.9 Å². The van der Waals surface area contributed by atoms with Crippen LogP contribution < -0.4 is 5.32 Å². The van der Waals surface area contributed by atoms with Crippen molar-refractivity contribution in [2.45, 2.75) is 6.54 Å². The molecule has 1 aromatic carbocycles. The highest BCUT2D eigenvalue weighted by Crippen LogP contribution is 2.28. The molecule has 15 heavy (non-hydrogen) atoms. The number of nitrogens with one attached hydrogen (secondary N) is 1. The van der Waals surface area contributed by atoms with Gasteiger partial charge in [-0.25, -0.2) is 4.98 Å². The Labute approximate surface area is 101 Å². The second-order valence-corrected chi connectivity index (χ2v) is 4.93. The number of aromatic nitrogens is 1. The Hall–Kier alpha value is -0.710. The highest BCUT2D eigenvalue weighted by Gasteiger charge is 2.06. The van der Waals surface area contributed by atoms with Crippen LogP contribution in [-0.4, -0.2) is 12.0 Å². The third-order valence-electron chi connectivity index (χ3n) is 2.03. The predicted octanol–water partition coefficient (Wildman–Crippen LogP) is 3.29. The van der Waals surface area contributed by atoms with Gasteiger partial charge in [0.25, 0.3) is 0 Å². The maximum absolute atomic E-state index is 4.56. The molecule has 0 aliphatic rings. The van der Waals surface area contributed by atoms with Gasteiger partial charge in [0.15, 0.2) is 0 Å². The number of nitrogens with zero attached hydrogens (tertiary/aromatic N) is 1. The van der Waals surface area contributed by atoms with E-state index in [0.29, 0.717) is 0 Å². The van der Waals surface area contributed by atoms with E-state index in [4.69, 9.17) is 0 Å². The molecule has 1 N–H and O–H groups in total. The molecule has 0 aliphatic carbocycles. The second-order valence-electron chi connectivity index (χ2n) is 3.14. The average molecular weight is 283 g/mol. The number of thiazole rings is 1. The van der Waals surface area contributed by atoms with E-state index >= 15 is 0 Å². The number of rotatable bonds is 3. The van der Waals surface area contributed by atoms with Gasteiger partial charge in [-0.05, 0) is 13.1 Å². The molecule has 0 saturated heterocycles. The zero-order chi connectivity index (χ0) is 10.7. The Morgan fingerprint density at radius 2 is 2.20 bits per heavy atom. The molecule has 0 unspecified atom stereocenters. The smallest absolute Gasteiger partial charge is 0.107 e. The lowest BCUT2D eigenvalue weighted by molar-refractivity contribution is 0.811. The van der Waals surface area contributed by atoms with Gasteiger partial charge in [-0.15, -0.1) is 11.3 Å². The van der Waals surface area contributed by atoms with Crippen molar-refractivity contribution in [3.8, 4) is 11.3 Å². The first kappa shape index (κ1) is 10.8. The van der Waals surface area contributed by atoms with Crippen LogP contribution in [-0.2, 0) is 6.54 Å². The minimum absolute atomic E-state index is 0.828. The first-order valence-electron chi connectivity index (χ1n) is 4.65. The summed E-state index contributed by atoms with van der Waals surface area (Å²) in [6.45, 7) is 0.828. The van der Waals surface area contributed by atoms with Gasteiger partial charge in [-0.2, -0.15) is 0 Å². The summed E-state index contributed by atoms with van der Waals surface area (Å²) in [6, 6.07) is 8.14. The molecule has 0 saturated carbocycles. The van der Waals surface area contributed by atoms with Crippen molar-refractivity contribution in [3.05, 3.63) is 39.1 Å². The van der Waals surface area contributed by atoms with E-state index in [-0.39, 0.29) is 0 Å². The van der Waals surface area contributed by atoms with Gasteiger partial charge >= 0.3 is 0 Å². The van der Waals surface area contributed by atoms with Crippen LogP contribution in [0.4, 0.5) is 0 Å². The van der Waals surface area contributed by atoms with Crippen LogP contribution in [0.15, 0.2) is 34.1 Å². The molecule has 0 bridgehead atoms. The van der Waals surface area contributed by atoms with Gasteiger partial charge < -0.3 is 5.32 Å². The second kappa shape index (κ2) is 4.88. The van der Waals surface area contributed by atoms with Crippen molar-refractivity contribution >= 4 is 27.3 Å².